The molecule has 0 saturated heterocycles. The minimum atomic E-state index is -0.312. The Bertz CT molecular complexity index is 1400. The van der Waals surface area contributed by atoms with E-state index in [1.807, 2.05) is 12.1 Å². The van der Waals surface area contributed by atoms with Crippen LogP contribution in [-0.4, -0.2) is 41.9 Å². The van der Waals surface area contributed by atoms with E-state index in [2.05, 4.69) is 22.1 Å². The Labute approximate surface area is 204 Å². The van der Waals surface area contributed by atoms with Crippen molar-refractivity contribution in [2.75, 3.05) is 20.8 Å². The van der Waals surface area contributed by atoms with Gasteiger partial charge in [-0.2, -0.15) is 0 Å². The lowest BCUT2D eigenvalue weighted by molar-refractivity contribution is 0.0520. The molecule has 2 aliphatic rings. The van der Waals surface area contributed by atoms with E-state index in [-0.39, 0.29) is 12.6 Å². The molecule has 3 N–H and O–H groups in total. The minimum absolute atomic E-state index is 0.0482. The Balaban J connectivity index is 0.000000147. The van der Waals surface area contributed by atoms with E-state index in [4.69, 9.17) is 14.2 Å². The molecule has 184 valence electrons. The van der Waals surface area contributed by atoms with Crippen molar-refractivity contribution in [2.24, 2.45) is 0 Å². The van der Waals surface area contributed by atoms with Gasteiger partial charge in [0.2, 0.25) is 0 Å². The zero-order valence-corrected chi connectivity index (χ0v) is 20.5. The van der Waals surface area contributed by atoms with Crippen LogP contribution in [-0.2, 0) is 37.0 Å². The number of aliphatic hydroxyl groups is 1. The Morgan fingerprint density at radius 2 is 1.43 bits per heavy atom. The summed E-state index contributed by atoms with van der Waals surface area (Å²) in [6, 6.07) is 8.03. The summed E-state index contributed by atoms with van der Waals surface area (Å²) in [6.45, 7) is 2.23. The standard InChI is InChI=1S/C15H17NO3.C13H15NO2/c1-3-19-15(17)12-8-11-13(18-2)7-9-5-4-6-10(9)14(11)16-12;1-16-12-5-8-3-2-4-10(8)13-11(12)6-9(7-15)14-13/h7-8,16H,3-6H2,1-2H3;5-6,14-15H,2-4,7H2,1H3. The number of esters is 1. The maximum Gasteiger partial charge on any atom is 0.354 e. The number of methoxy groups -OCH3 is 2. The van der Waals surface area contributed by atoms with Crippen molar-refractivity contribution in [3.63, 3.8) is 0 Å². The van der Waals surface area contributed by atoms with E-state index in [1.165, 1.54) is 28.7 Å². The summed E-state index contributed by atoms with van der Waals surface area (Å²) in [5.74, 6) is 1.42. The van der Waals surface area contributed by atoms with Crippen LogP contribution in [0.5, 0.6) is 11.5 Å². The molecule has 0 saturated carbocycles. The largest absolute Gasteiger partial charge is 0.496 e. The first-order chi connectivity index (χ1) is 17.1. The Kier molecular flexibility index (Phi) is 6.43. The molecule has 2 heterocycles. The Morgan fingerprint density at radius 1 is 0.857 bits per heavy atom. The number of aromatic amines is 2. The lowest BCUT2D eigenvalue weighted by Crippen LogP contribution is -2.04. The molecule has 7 nitrogen and oxygen atoms in total. The molecule has 2 aromatic heterocycles. The van der Waals surface area contributed by atoms with Crippen LogP contribution in [0.3, 0.4) is 0 Å². The normalized spacial score (nSPS) is 13.9. The summed E-state index contributed by atoms with van der Waals surface area (Å²) >= 11 is 0. The number of nitrogens with one attached hydrogen (secondary N) is 2. The number of hydrogen-bond acceptors (Lipinski definition) is 5. The molecule has 0 aliphatic heterocycles. The third-order valence-electron chi connectivity index (χ3n) is 7.06. The second kappa shape index (κ2) is 9.66. The molecule has 0 atom stereocenters. The molecule has 4 aromatic rings. The summed E-state index contributed by atoms with van der Waals surface area (Å²) in [4.78, 5) is 18.3. The number of carbonyl (C=O) groups excluding carboxylic acids is 1. The summed E-state index contributed by atoms with van der Waals surface area (Å²) < 4.78 is 15.9. The van der Waals surface area contributed by atoms with Gasteiger partial charge in [-0.1, -0.05) is 0 Å². The van der Waals surface area contributed by atoms with Crippen molar-refractivity contribution in [1.82, 2.24) is 9.97 Å². The number of fused-ring (bicyclic) bond motifs is 6. The quantitative estimate of drug-likeness (QED) is 0.352. The van der Waals surface area contributed by atoms with Gasteiger partial charge < -0.3 is 29.3 Å². The van der Waals surface area contributed by atoms with Crippen molar-refractivity contribution in [2.45, 2.75) is 52.1 Å². The third kappa shape index (κ3) is 4.14. The van der Waals surface area contributed by atoms with Crippen LogP contribution in [0.25, 0.3) is 21.8 Å². The summed E-state index contributed by atoms with van der Waals surface area (Å²) in [7, 11) is 3.36. The number of carbonyl (C=O) groups is 1. The van der Waals surface area contributed by atoms with Crippen LogP contribution in [0.2, 0.25) is 0 Å². The van der Waals surface area contributed by atoms with Gasteiger partial charge in [-0.3, -0.25) is 0 Å². The average molecular weight is 477 g/mol. The van der Waals surface area contributed by atoms with E-state index >= 15 is 0 Å². The molecule has 35 heavy (non-hydrogen) atoms. The number of aliphatic hydroxyl groups excluding tert-OH is 1. The molecule has 0 amide bonds. The van der Waals surface area contributed by atoms with Gasteiger partial charge in [0.05, 0.1) is 38.5 Å². The van der Waals surface area contributed by atoms with Crippen molar-refractivity contribution >= 4 is 27.8 Å². The smallest absolute Gasteiger partial charge is 0.354 e. The molecule has 7 heteroatoms. The third-order valence-corrected chi connectivity index (χ3v) is 7.06. The van der Waals surface area contributed by atoms with E-state index in [1.54, 1.807) is 21.1 Å². The van der Waals surface area contributed by atoms with Gasteiger partial charge in [0, 0.05) is 16.5 Å². The first-order valence-corrected chi connectivity index (χ1v) is 12.3. The van der Waals surface area contributed by atoms with Gasteiger partial charge >= 0.3 is 5.97 Å². The van der Waals surface area contributed by atoms with Gasteiger partial charge in [-0.15, -0.1) is 0 Å². The molecule has 0 unspecified atom stereocenters. The highest BCUT2D eigenvalue weighted by atomic mass is 16.5. The fourth-order valence-corrected chi connectivity index (χ4v) is 5.47. The minimum Gasteiger partial charge on any atom is -0.496 e. The first-order valence-electron chi connectivity index (χ1n) is 12.3. The number of rotatable bonds is 5. The molecule has 0 bridgehead atoms. The highest BCUT2D eigenvalue weighted by molar-refractivity contribution is 5.99. The SMILES string of the molecule is CCOC(=O)c1cc2c(OC)cc3c(c2[nH]1)CCC3.COc1cc2c(c3[nH]c(CO)cc13)CCC2. The number of hydrogen-bond donors (Lipinski definition) is 3. The fraction of sp³-hybridized carbons (Fsp3) is 0.393. The molecule has 2 aliphatic carbocycles. The number of H-pyrrole nitrogens is 2. The van der Waals surface area contributed by atoms with Crippen LogP contribution in [0.1, 0.15) is 58.2 Å². The lowest BCUT2D eigenvalue weighted by atomic mass is 10.1. The van der Waals surface area contributed by atoms with Gasteiger partial charge in [0.15, 0.2) is 0 Å². The number of aromatic nitrogens is 2. The number of ether oxygens (including phenoxy) is 3. The Hall–Kier alpha value is -3.45. The van der Waals surface area contributed by atoms with Crippen LogP contribution >= 0.6 is 0 Å². The van der Waals surface area contributed by atoms with Crippen LogP contribution in [0.15, 0.2) is 24.3 Å². The highest BCUT2D eigenvalue weighted by Crippen LogP contribution is 2.37. The molecule has 6 rings (SSSR count). The second-order valence-corrected chi connectivity index (χ2v) is 9.07. The Morgan fingerprint density at radius 3 is 1.97 bits per heavy atom. The zero-order chi connectivity index (χ0) is 24.5. The summed E-state index contributed by atoms with van der Waals surface area (Å²) in [5, 5.41) is 11.2. The highest BCUT2D eigenvalue weighted by Gasteiger charge is 2.21. The van der Waals surface area contributed by atoms with Gasteiger partial charge in [-0.25, -0.2) is 4.79 Å². The molecule has 0 fully saturated rings. The lowest BCUT2D eigenvalue weighted by Gasteiger charge is -2.06. The fourth-order valence-electron chi connectivity index (χ4n) is 5.47. The van der Waals surface area contributed by atoms with Crippen LogP contribution in [0, 0.1) is 0 Å². The monoisotopic (exact) mass is 476 g/mol. The molecule has 2 aromatic carbocycles. The molecule has 0 spiro atoms. The number of benzene rings is 2. The molecule has 0 radical (unpaired) electrons. The molecular weight excluding hydrogens is 444 g/mol. The number of aryl methyl sites for hydroxylation is 4. The average Bonchev–Trinajstić information content (AvgIpc) is 3.66. The van der Waals surface area contributed by atoms with Gasteiger partial charge in [0.25, 0.3) is 0 Å². The van der Waals surface area contributed by atoms with Crippen molar-refractivity contribution in [3.05, 3.63) is 57.9 Å². The summed E-state index contributed by atoms with van der Waals surface area (Å²) in [5.41, 5.74) is 8.94. The van der Waals surface area contributed by atoms with Crippen molar-refractivity contribution in [3.8, 4) is 11.5 Å². The van der Waals surface area contributed by atoms with E-state index < -0.39 is 0 Å². The second-order valence-electron chi connectivity index (χ2n) is 9.07. The first kappa shape index (κ1) is 23.3. The van der Waals surface area contributed by atoms with Gasteiger partial charge in [0.1, 0.15) is 17.2 Å². The maximum atomic E-state index is 11.8. The maximum absolute atomic E-state index is 11.8. The van der Waals surface area contributed by atoms with E-state index in [0.29, 0.717) is 12.3 Å². The summed E-state index contributed by atoms with van der Waals surface area (Å²) in [6.07, 6.45) is 6.76. The topological polar surface area (TPSA) is 96.6 Å². The predicted molar refractivity (Wildman–Crippen MR) is 136 cm³/mol. The van der Waals surface area contributed by atoms with Crippen LogP contribution < -0.4 is 9.47 Å². The van der Waals surface area contributed by atoms with Gasteiger partial charge in [-0.05, 0) is 92.0 Å². The van der Waals surface area contributed by atoms with Crippen LogP contribution in [0.4, 0.5) is 0 Å². The molecular formula is C28H32N2O5. The van der Waals surface area contributed by atoms with Crippen molar-refractivity contribution in [1.29, 1.82) is 0 Å². The zero-order valence-electron chi connectivity index (χ0n) is 20.5. The van der Waals surface area contributed by atoms with E-state index in [0.717, 1.165) is 71.1 Å². The van der Waals surface area contributed by atoms with E-state index in [9.17, 15) is 9.90 Å². The van der Waals surface area contributed by atoms with Crippen molar-refractivity contribution < 1.29 is 24.1 Å². The predicted octanol–water partition coefficient (Wildman–Crippen LogP) is 5.00.